The van der Waals surface area contributed by atoms with E-state index in [9.17, 15) is 26.7 Å². The molecule has 0 aliphatic rings. The largest absolute Gasteiger partial charge is 0.416 e. The molecule has 0 spiro atoms. The molecule has 28 heavy (non-hydrogen) atoms. The van der Waals surface area contributed by atoms with Gasteiger partial charge in [0.25, 0.3) is 5.91 Å². The van der Waals surface area contributed by atoms with Crippen LogP contribution in [-0.4, -0.2) is 10.9 Å². The number of hydrogen-bond acceptors (Lipinski definition) is 2. The molecule has 0 aliphatic carbocycles. The summed E-state index contributed by atoms with van der Waals surface area (Å²) in [5.74, 6) is -3.04. The number of hydrogen-bond donors (Lipinski definition) is 1. The minimum Gasteiger partial charge on any atom is -0.306 e. The molecule has 1 amide bonds. The van der Waals surface area contributed by atoms with Crippen molar-refractivity contribution in [3.05, 3.63) is 83.1 Å². The van der Waals surface area contributed by atoms with Crippen LogP contribution in [0.5, 0.6) is 0 Å². The number of nitrogens with one attached hydrogen (secondary N) is 1. The van der Waals surface area contributed by atoms with Gasteiger partial charge in [0, 0.05) is 11.8 Å². The molecule has 0 fully saturated rings. The normalized spacial score (nSPS) is 11.4. The van der Waals surface area contributed by atoms with E-state index in [1.54, 1.807) is 6.92 Å². The minimum absolute atomic E-state index is 0.0147. The lowest BCUT2D eigenvalue weighted by atomic mass is 10.0. The Morgan fingerprint density at radius 2 is 1.64 bits per heavy atom. The second kappa shape index (κ2) is 7.38. The van der Waals surface area contributed by atoms with E-state index >= 15 is 0 Å². The van der Waals surface area contributed by atoms with Gasteiger partial charge in [0.2, 0.25) is 0 Å². The molecule has 2 aromatic carbocycles. The van der Waals surface area contributed by atoms with Crippen LogP contribution >= 0.6 is 0 Å². The van der Waals surface area contributed by atoms with Gasteiger partial charge in [-0.3, -0.25) is 4.79 Å². The van der Waals surface area contributed by atoms with E-state index in [1.165, 1.54) is 24.4 Å². The first-order valence-electron chi connectivity index (χ1n) is 8.06. The van der Waals surface area contributed by atoms with Crippen molar-refractivity contribution in [2.45, 2.75) is 13.1 Å². The molecule has 1 N–H and O–H groups in total. The van der Waals surface area contributed by atoms with E-state index in [1.807, 2.05) is 0 Å². The molecule has 0 saturated heterocycles. The fourth-order valence-electron chi connectivity index (χ4n) is 2.68. The summed E-state index contributed by atoms with van der Waals surface area (Å²) in [5.41, 5.74) is -0.279. The molecule has 144 valence electrons. The molecular formula is C20H13F5N2O. The maximum atomic E-state index is 13.7. The van der Waals surface area contributed by atoms with Gasteiger partial charge in [-0.2, -0.15) is 13.2 Å². The smallest absolute Gasteiger partial charge is 0.306 e. The third-order valence-corrected chi connectivity index (χ3v) is 4.04. The predicted molar refractivity (Wildman–Crippen MR) is 93.7 cm³/mol. The molecule has 3 rings (SSSR count). The van der Waals surface area contributed by atoms with Gasteiger partial charge >= 0.3 is 6.18 Å². The summed E-state index contributed by atoms with van der Waals surface area (Å²) in [6.45, 7) is 1.62. The molecule has 3 nitrogen and oxygen atoms in total. The summed E-state index contributed by atoms with van der Waals surface area (Å²) >= 11 is 0. The Hall–Kier alpha value is -3.29. The van der Waals surface area contributed by atoms with Gasteiger partial charge in [0.05, 0.1) is 5.56 Å². The second-order valence-electron chi connectivity index (χ2n) is 6.01. The van der Waals surface area contributed by atoms with Gasteiger partial charge in [0.15, 0.2) is 0 Å². The minimum atomic E-state index is -4.48. The van der Waals surface area contributed by atoms with Gasteiger partial charge < -0.3 is 5.32 Å². The molecule has 0 aliphatic heterocycles. The fourth-order valence-corrected chi connectivity index (χ4v) is 2.68. The number of alkyl halides is 3. The maximum Gasteiger partial charge on any atom is 0.416 e. The van der Waals surface area contributed by atoms with Crippen LogP contribution in [0, 0.1) is 18.6 Å². The number of aryl methyl sites for hydroxylation is 1. The first-order chi connectivity index (χ1) is 13.2. The SMILES string of the molecule is Cc1cc(NC(=O)c2c(F)cccc2F)ncc1-c1cccc(C(F)(F)F)c1. The fraction of sp³-hybridized carbons (Fsp3) is 0.100. The Balaban J connectivity index is 1.88. The van der Waals surface area contributed by atoms with E-state index in [0.717, 1.165) is 30.3 Å². The number of halogens is 5. The number of pyridine rings is 1. The highest BCUT2D eigenvalue weighted by atomic mass is 19.4. The van der Waals surface area contributed by atoms with Crippen molar-refractivity contribution < 1.29 is 26.7 Å². The Kier molecular flexibility index (Phi) is 5.13. The van der Waals surface area contributed by atoms with E-state index in [0.29, 0.717) is 16.7 Å². The van der Waals surface area contributed by atoms with Crippen LogP contribution in [0.3, 0.4) is 0 Å². The van der Waals surface area contributed by atoms with Gasteiger partial charge in [0.1, 0.15) is 23.0 Å². The lowest BCUT2D eigenvalue weighted by Gasteiger charge is -2.12. The maximum absolute atomic E-state index is 13.7. The summed E-state index contributed by atoms with van der Waals surface area (Å²) in [6.07, 6.45) is -3.19. The molecule has 0 radical (unpaired) electrons. The quantitative estimate of drug-likeness (QED) is 0.589. The third-order valence-electron chi connectivity index (χ3n) is 4.04. The zero-order valence-corrected chi connectivity index (χ0v) is 14.4. The summed E-state index contributed by atoms with van der Waals surface area (Å²) < 4.78 is 66.1. The highest BCUT2D eigenvalue weighted by Crippen LogP contribution is 2.33. The molecule has 1 aromatic heterocycles. The Labute approximate surface area is 156 Å². The zero-order chi connectivity index (χ0) is 20.5. The van der Waals surface area contributed by atoms with Gasteiger partial charge in [-0.1, -0.05) is 18.2 Å². The van der Waals surface area contributed by atoms with Crippen LogP contribution in [0.2, 0.25) is 0 Å². The van der Waals surface area contributed by atoms with Crippen molar-refractivity contribution in [1.82, 2.24) is 4.98 Å². The van der Waals surface area contributed by atoms with Crippen LogP contribution in [0.15, 0.2) is 54.7 Å². The van der Waals surface area contributed by atoms with Crippen molar-refractivity contribution in [2.24, 2.45) is 0 Å². The number of benzene rings is 2. The van der Waals surface area contributed by atoms with Crippen molar-refractivity contribution in [1.29, 1.82) is 0 Å². The monoisotopic (exact) mass is 392 g/mol. The van der Waals surface area contributed by atoms with Crippen molar-refractivity contribution >= 4 is 11.7 Å². The lowest BCUT2D eigenvalue weighted by molar-refractivity contribution is -0.137. The number of rotatable bonds is 3. The number of nitrogens with zero attached hydrogens (tertiary/aromatic N) is 1. The van der Waals surface area contributed by atoms with Crippen LogP contribution in [0.4, 0.5) is 27.8 Å². The van der Waals surface area contributed by atoms with Crippen LogP contribution < -0.4 is 5.32 Å². The summed E-state index contributed by atoms with van der Waals surface area (Å²) in [5, 5.41) is 2.28. The number of carbonyl (C=O) groups excluding carboxylic acids is 1. The van der Waals surface area contributed by atoms with E-state index in [-0.39, 0.29) is 5.82 Å². The van der Waals surface area contributed by atoms with Crippen LogP contribution in [0.1, 0.15) is 21.5 Å². The average molecular weight is 392 g/mol. The Morgan fingerprint density at radius 3 is 2.25 bits per heavy atom. The van der Waals surface area contributed by atoms with E-state index in [4.69, 9.17) is 0 Å². The van der Waals surface area contributed by atoms with Crippen molar-refractivity contribution in [2.75, 3.05) is 5.32 Å². The first-order valence-corrected chi connectivity index (χ1v) is 8.06. The Bertz CT molecular complexity index is 1030. The summed E-state index contributed by atoms with van der Waals surface area (Å²) in [7, 11) is 0. The van der Waals surface area contributed by atoms with Gasteiger partial charge in [-0.15, -0.1) is 0 Å². The zero-order valence-electron chi connectivity index (χ0n) is 14.4. The highest BCUT2D eigenvalue weighted by Gasteiger charge is 2.30. The van der Waals surface area contributed by atoms with Crippen LogP contribution in [0.25, 0.3) is 11.1 Å². The van der Waals surface area contributed by atoms with Gasteiger partial charge in [-0.05, 0) is 48.4 Å². The van der Waals surface area contributed by atoms with Gasteiger partial charge in [-0.25, -0.2) is 13.8 Å². The van der Waals surface area contributed by atoms with Crippen molar-refractivity contribution in [3.63, 3.8) is 0 Å². The van der Waals surface area contributed by atoms with E-state index in [2.05, 4.69) is 10.3 Å². The second-order valence-corrected chi connectivity index (χ2v) is 6.01. The number of amides is 1. The number of anilines is 1. The standard InChI is InChI=1S/C20H13F5N2O/c1-11-8-17(27-19(28)18-15(21)6-3-7-16(18)22)26-10-14(11)12-4-2-5-13(9-12)20(23,24)25/h2-10H,1H3,(H,26,27,28). The molecule has 3 aromatic rings. The Morgan fingerprint density at radius 1 is 1.00 bits per heavy atom. The lowest BCUT2D eigenvalue weighted by Crippen LogP contribution is -2.16. The third kappa shape index (κ3) is 4.00. The first kappa shape index (κ1) is 19.5. The highest BCUT2D eigenvalue weighted by molar-refractivity contribution is 6.04. The molecule has 8 heteroatoms. The molecule has 0 bridgehead atoms. The topological polar surface area (TPSA) is 42.0 Å². The molecular weight excluding hydrogens is 379 g/mol. The predicted octanol–water partition coefficient (Wildman–Crippen LogP) is 5.61. The van der Waals surface area contributed by atoms with E-state index < -0.39 is 34.8 Å². The molecule has 0 saturated carbocycles. The van der Waals surface area contributed by atoms with Crippen LogP contribution in [-0.2, 0) is 6.18 Å². The summed E-state index contributed by atoms with van der Waals surface area (Å²) in [6, 6.07) is 9.20. The molecule has 0 unspecified atom stereocenters. The summed E-state index contributed by atoms with van der Waals surface area (Å²) in [4.78, 5) is 16.1. The average Bonchev–Trinajstić information content (AvgIpc) is 2.61. The number of carbonyl (C=O) groups is 1. The number of aromatic nitrogens is 1. The molecule has 0 atom stereocenters. The van der Waals surface area contributed by atoms with Crippen molar-refractivity contribution in [3.8, 4) is 11.1 Å². The molecule has 1 heterocycles.